The van der Waals surface area contributed by atoms with Crippen molar-refractivity contribution in [1.82, 2.24) is 5.06 Å². The lowest BCUT2D eigenvalue weighted by Crippen LogP contribution is -2.23. The Morgan fingerprint density at radius 1 is 1.14 bits per heavy atom. The fraction of sp³-hybridized carbons (Fsp3) is 0.364. The Hall–Kier alpha value is -1.35. The monoisotopic (exact) mass is 191 g/mol. The Bertz CT molecular complexity index is 304. The first-order valence-electron chi connectivity index (χ1n) is 4.88. The van der Waals surface area contributed by atoms with Crippen LogP contribution in [0, 0.1) is 0 Å². The maximum Gasteiger partial charge on any atom is 0.357 e. The molecular weight excluding hydrogens is 178 g/mol. The summed E-state index contributed by atoms with van der Waals surface area (Å²) in [7, 11) is 0. The van der Waals surface area contributed by atoms with E-state index in [1.54, 1.807) is 17.2 Å². The third-order valence-electron chi connectivity index (χ3n) is 2.29. The maximum atomic E-state index is 11.5. The molecule has 0 bridgehead atoms. The van der Waals surface area contributed by atoms with Crippen molar-refractivity contribution >= 4 is 5.97 Å². The molecule has 1 aromatic rings. The molecule has 0 amide bonds. The molecule has 74 valence electrons. The number of nitrogens with zero attached hydrogens (tertiary/aromatic N) is 1. The molecule has 0 N–H and O–H groups in total. The van der Waals surface area contributed by atoms with Gasteiger partial charge in [0.2, 0.25) is 0 Å². The van der Waals surface area contributed by atoms with Crippen molar-refractivity contribution in [2.75, 3.05) is 13.1 Å². The van der Waals surface area contributed by atoms with Crippen LogP contribution in [-0.4, -0.2) is 24.1 Å². The Morgan fingerprint density at radius 3 is 2.43 bits per heavy atom. The molecule has 0 unspecified atom stereocenters. The van der Waals surface area contributed by atoms with E-state index in [1.807, 2.05) is 18.2 Å². The number of hydroxylamine groups is 2. The predicted octanol–water partition coefficient (Wildman–Crippen LogP) is 1.85. The first-order chi connectivity index (χ1) is 6.86. The van der Waals surface area contributed by atoms with Gasteiger partial charge in [-0.25, -0.2) is 4.79 Å². The van der Waals surface area contributed by atoms with Gasteiger partial charge in [0.05, 0.1) is 5.56 Å². The van der Waals surface area contributed by atoms with Gasteiger partial charge in [0.15, 0.2) is 0 Å². The van der Waals surface area contributed by atoms with E-state index < -0.39 is 0 Å². The van der Waals surface area contributed by atoms with Crippen LogP contribution in [0.15, 0.2) is 30.3 Å². The van der Waals surface area contributed by atoms with Crippen LogP contribution in [0.2, 0.25) is 0 Å². The number of carbonyl (C=O) groups is 1. The van der Waals surface area contributed by atoms with Crippen LogP contribution in [0.1, 0.15) is 23.2 Å². The van der Waals surface area contributed by atoms with Gasteiger partial charge in [0.25, 0.3) is 0 Å². The molecule has 1 aliphatic heterocycles. The molecular formula is C11H13NO2. The topological polar surface area (TPSA) is 29.5 Å². The molecule has 1 aromatic carbocycles. The fourth-order valence-electron chi connectivity index (χ4n) is 1.52. The average molecular weight is 191 g/mol. The summed E-state index contributed by atoms with van der Waals surface area (Å²) < 4.78 is 0. The van der Waals surface area contributed by atoms with Gasteiger partial charge < -0.3 is 4.84 Å². The fourth-order valence-corrected chi connectivity index (χ4v) is 1.52. The van der Waals surface area contributed by atoms with Crippen LogP contribution in [-0.2, 0) is 4.84 Å². The zero-order valence-corrected chi connectivity index (χ0v) is 7.98. The number of carbonyl (C=O) groups excluding carboxylic acids is 1. The highest BCUT2D eigenvalue weighted by Crippen LogP contribution is 2.10. The summed E-state index contributed by atoms with van der Waals surface area (Å²) in [5.74, 6) is -0.257. The molecule has 1 heterocycles. The van der Waals surface area contributed by atoms with Gasteiger partial charge in [-0.1, -0.05) is 18.2 Å². The van der Waals surface area contributed by atoms with Gasteiger partial charge in [-0.15, -0.1) is 5.06 Å². The second-order valence-corrected chi connectivity index (χ2v) is 3.38. The molecule has 0 aliphatic carbocycles. The van der Waals surface area contributed by atoms with E-state index in [0.717, 1.165) is 25.9 Å². The zero-order valence-electron chi connectivity index (χ0n) is 7.98. The van der Waals surface area contributed by atoms with Gasteiger partial charge in [-0.2, -0.15) is 0 Å². The lowest BCUT2D eigenvalue weighted by molar-refractivity contribution is -0.0927. The van der Waals surface area contributed by atoms with E-state index in [-0.39, 0.29) is 5.97 Å². The van der Waals surface area contributed by atoms with E-state index >= 15 is 0 Å². The second kappa shape index (κ2) is 4.24. The van der Waals surface area contributed by atoms with Crippen LogP contribution in [0.4, 0.5) is 0 Å². The Labute approximate surface area is 83.2 Å². The second-order valence-electron chi connectivity index (χ2n) is 3.38. The summed E-state index contributed by atoms with van der Waals surface area (Å²) >= 11 is 0. The molecule has 0 aromatic heterocycles. The summed E-state index contributed by atoms with van der Waals surface area (Å²) in [6.45, 7) is 1.72. The highest BCUT2D eigenvalue weighted by atomic mass is 16.7. The number of rotatable bonds is 2. The molecule has 1 saturated heterocycles. The van der Waals surface area contributed by atoms with Crippen LogP contribution in [0.3, 0.4) is 0 Å². The molecule has 0 saturated carbocycles. The first-order valence-corrected chi connectivity index (χ1v) is 4.88. The van der Waals surface area contributed by atoms with Crippen LogP contribution < -0.4 is 0 Å². The summed E-state index contributed by atoms with van der Waals surface area (Å²) in [5.41, 5.74) is 0.611. The van der Waals surface area contributed by atoms with Crippen LogP contribution in [0.25, 0.3) is 0 Å². The van der Waals surface area contributed by atoms with E-state index in [4.69, 9.17) is 4.84 Å². The van der Waals surface area contributed by atoms with Gasteiger partial charge in [-0.05, 0) is 25.0 Å². The van der Waals surface area contributed by atoms with Crippen molar-refractivity contribution in [2.24, 2.45) is 0 Å². The SMILES string of the molecule is O=C(ON1CCCC1)c1ccccc1. The maximum absolute atomic E-state index is 11.5. The normalized spacial score (nSPS) is 16.9. The number of hydrogen-bond donors (Lipinski definition) is 0. The number of benzene rings is 1. The zero-order chi connectivity index (χ0) is 9.80. The van der Waals surface area contributed by atoms with Gasteiger partial charge in [0, 0.05) is 13.1 Å². The molecule has 0 spiro atoms. The third-order valence-corrected chi connectivity index (χ3v) is 2.29. The predicted molar refractivity (Wildman–Crippen MR) is 52.7 cm³/mol. The van der Waals surface area contributed by atoms with Crippen molar-refractivity contribution in [3.63, 3.8) is 0 Å². The molecule has 0 radical (unpaired) electrons. The van der Waals surface area contributed by atoms with Crippen LogP contribution >= 0.6 is 0 Å². The smallest absolute Gasteiger partial charge is 0.357 e. The Balaban J connectivity index is 1.95. The van der Waals surface area contributed by atoms with Crippen molar-refractivity contribution in [3.8, 4) is 0 Å². The molecule has 3 heteroatoms. The van der Waals surface area contributed by atoms with Crippen LogP contribution in [0.5, 0.6) is 0 Å². The third kappa shape index (κ3) is 2.12. The van der Waals surface area contributed by atoms with Gasteiger partial charge >= 0.3 is 5.97 Å². The van der Waals surface area contributed by atoms with Crippen molar-refractivity contribution < 1.29 is 9.63 Å². The quantitative estimate of drug-likeness (QED) is 0.714. The minimum absolute atomic E-state index is 0.257. The first kappa shape index (κ1) is 9.21. The lowest BCUT2D eigenvalue weighted by Gasteiger charge is -2.13. The van der Waals surface area contributed by atoms with Gasteiger partial charge in [0.1, 0.15) is 0 Å². The summed E-state index contributed by atoms with van der Waals surface area (Å²) in [4.78, 5) is 16.7. The van der Waals surface area contributed by atoms with Crippen molar-refractivity contribution in [2.45, 2.75) is 12.8 Å². The molecule has 14 heavy (non-hydrogen) atoms. The summed E-state index contributed by atoms with van der Waals surface area (Å²) in [6.07, 6.45) is 2.23. The molecule has 0 atom stereocenters. The number of hydrogen-bond acceptors (Lipinski definition) is 3. The Morgan fingerprint density at radius 2 is 1.79 bits per heavy atom. The van der Waals surface area contributed by atoms with Crippen molar-refractivity contribution in [3.05, 3.63) is 35.9 Å². The minimum Gasteiger partial charge on any atom is -0.364 e. The largest absolute Gasteiger partial charge is 0.364 e. The summed E-state index contributed by atoms with van der Waals surface area (Å²) in [5, 5.41) is 1.73. The van der Waals surface area contributed by atoms with Crippen molar-refractivity contribution in [1.29, 1.82) is 0 Å². The lowest BCUT2D eigenvalue weighted by atomic mass is 10.2. The molecule has 2 rings (SSSR count). The van der Waals surface area contributed by atoms with E-state index in [1.165, 1.54) is 0 Å². The highest BCUT2D eigenvalue weighted by Gasteiger charge is 2.17. The molecule has 1 aliphatic rings. The Kier molecular flexibility index (Phi) is 2.79. The van der Waals surface area contributed by atoms with E-state index in [0.29, 0.717) is 5.56 Å². The average Bonchev–Trinajstić information content (AvgIpc) is 2.72. The minimum atomic E-state index is -0.257. The molecule has 3 nitrogen and oxygen atoms in total. The highest BCUT2D eigenvalue weighted by molar-refractivity contribution is 5.89. The van der Waals surface area contributed by atoms with E-state index in [9.17, 15) is 4.79 Å². The molecule has 1 fully saturated rings. The standard InChI is InChI=1S/C11H13NO2/c13-11(10-6-2-1-3-7-10)14-12-8-4-5-9-12/h1-3,6-7H,4-5,8-9H2. The van der Waals surface area contributed by atoms with E-state index in [2.05, 4.69) is 0 Å². The summed E-state index contributed by atoms with van der Waals surface area (Å²) in [6, 6.07) is 9.07. The van der Waals surface area contributed by atoms with Gasteiger partial charge in [-0.3, -0.25) is 0 Å².